The quantitative estimate of drug-likeness (QED) is 0.265. The minimum absolute atomic E-state index is 0.908. The first-order valence-electron chi connectivity index (χ1n) is 14.1. The molecule has 0 aromatic heterocycles. The zero-order valence-electron chi connectivity index (χ0n) is 23.7. The van der Waals surface area contributed by atoms with Crippen molar-refractivity contribution < 1.29 is 23.1 Å². The number of carbonyl (C=O) groups is 1. The van der Waals surface area contributed by atoms with E-state index in [9.17, 15) is 13.2 Å². The van der Waals surface area contributed by atoms with Gasteiger partial charge in [0.1, 0.15) is 0 Å². The van der Waals surface area contributed by atoms with Gasteiger partial charge in [-0.2, -0.15) is 13.2 Å². The van der Waals surface area contributed by atoms with Gasteiger partial charge in [0.2, 0.25) is 0 Å². The average molecular weight is 571 g/mol. The number of nitrogens with zero attached hydrogens (tertiary/aromatic N) is 2. The second-order valence-corrected chi connectivity index (χ2v) is 10.3. The maximum absolute atomic E-state index is 10.6. The summed E-state index contributed by atoms with van der Waals surface area (Å²) in [5, 5.41) is 14.3. The number of halogens is 3. The number of alkyl halides is 3. The van der Waals surface area contributed by atoms with E-state index >= 15 is 0 Å². The molecule has 6 nitrogen and oxygen atoms in total. The molecule has 3 aromatic rings. The molecule has 41 heavy (non-hydrogen) atoms. The third kappa shape index (κ3) is 12.4. The number of benzene rings is 3. The monoisotopic (exact) mass is 570 g/mol. The van der Waals surface area contributed by atoms with Crippen molar-refractivity contribution in [3.05, 3.63) is 95.6 Å². The fraction of sp³-hybridized carbons (Fsp3) is 0.406. The number of aliphatic carboxylic acids is 1. The van der Waals surface area contributed by atoms with E-state index in [-0.39, 0.29) is 0 Å². The fourth-order valence-corrected chi connectivity index (χ4v) is 4.52. The summed E-state index contributed by atoms with van der Waals surface area (Å²) >= 11 is 0. The molecule has 0 amide bonds. The molecule has 3 aromatic carbocycles. The molecule has 1 saturated heterocycles. The molecule has 0 aliphatic carbocycles. The third-order valence-electron chi connectivity index (χ3n) is 6.97. The zero-order chi connectivity index (χ0) is 29.5. The Kier molecular flexibility index (Phi) is 13.3. The van der Waals surface area contributed by atoms with Gasteiger partial charge in [0.15, 0.2) is 0 Å². The summed E-state index contributed by atoms with van der Waals surface area (Å²) in [6, 6.07) is 28.6. The maximum Gasteiger partial charge on any atom is 0.490 e. The van der Waals surface area contributed by atoms with Gasteiger partial charge in [-0.25, -0.2) is 4.79 Å². The summed E-state index contributed by atoms with van der Waals surface area (Å²) in [7, 11) is 2.22. The van der Waals surface area contributed by atoms with Crippen molar-refractivity contribution in [3.63, 3.8) is 0 Å². The van der Waals surface area contributed by atoms with Crippen LogP contribution < -0.4 is 10.6 Å². The van der Waals surface area contributed by atoms with Crippen LogP contribution in [-0.4, -0.2) is 79.9 Å². The molecule has 0 saturated carbocycles. The number of carboxylic acids is 1. The minimum Gasteiger partial charge on any atom is -0.475 e. The molecule has 1 heterocycles. The lowest BCUT2D eigenvalue weighted by Crippen LogP contribution is -2.45. The van der Waals surface area contributed by atoms with Crippen LogP contribution in [0.2, 0.25) is 0 Å². The predicted octanol–water partition coefficient (Wildman–Crippen LogP) is 5.05. The Balaban J connectivity index is 0.000000587. The van der Waals surface area contributed by atoms with Gasteiger partial charge >= 0.3 is 12.1 Å². The summed E-state index contributed by atoms with van der Waals surface area (Å²) in [5.41, 5.74) is 6.64. The van der Waals surface area contributed by atoms with Crippen molar-refractivity contribution >= 4 is 5.97 Å². The summed E-state index contributed by atoms with van der Waals surface area (Å²) in [6.07, 6.45) is -2.81. The van der Waals surface area contributed by atoms with Gasteiger partial charge < -0.3 is 25.5 Å². The van der Waals surface area contributed by atoms with Crippen LogP contribution in [0.1, 0.15) is 23.1 Å². The number of piperazine rings is 1. The van der Waals surface area contributed by atoms with Crippen LogP contribution in [-0.2, 0) is 24.3 Å². The summed E-state index contributed by atoms with van der Waals surface area (Å²) in [5.74, 6) is -2.76. The number of rotatable bonds is 12. The smallest absolute Gasteiger partial charge is 0.475 e. The molecule has 1 aliphatic rings. The van der Waals surface area contributed by atoms with E-state index in [0.717, 1.165) is 32.6 Å². The van der Waals surface area contributed by atoms with Crippen LogP contribution in [0.25, 0.3) is 11.1 Å². The Morgan fingerprint density at radius 1 is 0.780 bits per heavy atom. The summed E-state index contributed by atoms with van der Waals surface area (Å²) in [6.45, 7) is 9.93. The molecule has 0 radical (unpaired) electrons. The lowest BCUT2D eigenvalue weighted by molar-refractivity contribution is -0.192. The number of hydrogen-bond acceptors (Lipinski definition) is 5. The van der Waals surface area contributed by atoms with E-state index < -0.39 is 12.1 Å². The van der Waals surface area contributed by atoms with E-state index in [1.54, 1.807) is 0 Å². The van der Waals surface area contributed by atoms with Gasteiger partial charge in [0.05, 0.1) is 0 Å². The second-order valence-electron chi connectivity index (χ2n) is 10.3. The van der Waals surface area contributed by atoms with E-state index in [2.05, 4.69) is 106 Å². The van der Waals surface area contributed by atoms with Crippen LogP contribution >= 0.6 is 0 Å². The summed E-state index contributed by atoms with van der Waals surface area (Å²) < 4.78 is 31.7. The van der Waals surface area contributed by atoms with Gasteiger partial charge in [-0.1, -0.05) is 72.8 Å². The van der Waals surface area contributed by atoms with Crippen molar-refractivity contribution in [2.24, 2.45) is 0 Å². The van der Waals surface area contributed by atoms with Gasteiger partial charge in [-0.3, -0.25) is 0 Å². The van der Waals surface area contributed by atoms with Crippen LogP contribution in [0.4, 0.5) is 13.2 Å². The lowest BCUT2D eigenvalue weighted by Gasteiger charge is -2.32. The highest BCUT2D eigenvalue weighted by Gasteiger charge is 2.38. The Morgan fingerprint density at radius 3 is 2.05 bits per heavy atom. The van der Waals surface area contributed by atoms with Crippen LogP contribution in [0.5, 0.6) is 0 Å². The minimum atomic E-state index is -5.08. The average Bonchev–Trinajstić information content (AvgIpc) is 2.97. The standard InChI is InChI=1S/C30H40N4.C2HF3O2/c1-33-19-21-34(22-20-33)18-6-16-31-25-28-9-5-10-30(23-28)29-13-11-27(12-14-29)24-32-17-15-26-7-3-2-4-8-26;3-2(4,5)1(6)7/h2-5,7-14,23,31-32H,6,15-22,24-25H2,1H3;(H,6,7). The lowest BCUT2D eigenvalue weighted by atomic mass is 10.0. The molecule has 3 N–H and O–H groups in total. The number of carboxylic acid groups (broad SMARTS) is 1. The largest absolute Gasteiger partial charge is 0.490 e. The van der Waals surface area contributed by atoms with E-state index in [0.29, 0.717) is 0 Å². The topological polar surface area (TPSA) is 67.8 Å². The predicted molar refractivity (Wildman–Crippen MR) is 158 cm³/mol. The molecule has 9 heteroatoms. The Morgan fingerprint density at radius 2 is 1.39 bits per heavy atom. The van der Waals surface area contributed by atoms with Gasteiger partial charge in [0, 0.05) is 39.3 Å². The van der Waals surface area contributed by atoms with Crippen LogP contribution in [0.15, 0.2) is 78.9 Å². The molecule has 222 valence electrons. The number of nitrogens with one attached hydrogen (secondary N) is 2. The highest BCUT2D eigenvalue weighted by molar-refractivity contribution is 5.73. The fourth-order valence-electron chi connectivity index (χ4n) is 4.52. The van der Waals surface area contributed by atoms with Crippen molar-refractivity contribution in [1.82, 2.24) is 20.4 Å². The zero-order valence-corrected chi connectivity index (χ0v) is 23.7. The Bertz CT molecular complexity index is 1170. The van der Waals surface area contributed by atoms with Crippen molar-refractivity contribution in [3.8, 4) is 11.1 Å². The second kappa shape index (κ2) is 16.9. The molecule has 1 fully saturated rings. The molecular weight excluding hydrogens is 529 g/mol. The van der Waals surface area contributed by atoms with Gasteiger partial charge in [-0.05, 0) is 73.4 Å². The Hall–Kier alpha value is -3.24. The SMILES string of the molecule is CN1CCN(CCCNCc2cccc(-c3ccc(CNCCc4ccccc4)cc3)c2)CC1.O=C(O)C(F)(F)F. The van der Waals surface area contributed by atoms with E-state index in [4.69, 9.17) is 9.90 Å². The first kappa shape index (κ1) is 32.3. The number of hydrogen-bond donors (Lipinski definition) is 3. The van der Waals surface area contributed by atoms with Gasteiger partial charge in [0.25, 0.3) is 0 Å². The summed E-state index contributed by atoms with van der Waals surface area (Å²) in [4.78, 5) is 13.9. The molecule has 0 spiro atoms. The maximum atomic E-state index is 10.6. The molecule has 0 unspecified atom stereocenters. The van der Waals surface area contributed by atoms with Crippen LogP contribution in [0, 0.1) is 0 Å². The first-order chi connectivity index (χ1) is 19.7. The Labute approximate surface area is 241 Å². The number of likely N-dealkylation sites (N-methyl/N-ethyl adjacent to an activating group) is 1. The first-order valence-corrected chi connectivity index (χ1v) is 14.1. The van der Waals surface area contributed by atoms with Crippen LogP contribution in [0.3, 0.4) is 0 Å². The van der Waals surface area contributed by atoms with Crippen molar-refractivity contribution in [2.45, 2.75) is 32.1 Å². The van der Waals surface area contributed by atoms with Crippen molar-refractivity contribution in [2.75, 3.05) is 52.9 Å². The molecule has 0 atom stereocenters. The normalized spacial score (nSPS) is 14.3. The van der Waals surface area contributed by atoms with E-state index in [1.165, 1.54) is 67.0 Å². The third-order valence-corrected chi connectivity index (χ3v) is 6.97. The molecule has 0 bridgehead atoms. The molecule has 1 aliphatic heterocycles. The van der Waals surface area contributed by atoms with E-state index in [1.807, 2.05) is 0 Å². The molecule has 4 rings (SSSR count). The molecular formula is C32H41F3N4O2. The van der Waals surface area contributed by atoms with Gasteiger partial charge in [-0.15, -0.1) is 0 Å². The highest BCUT2D eigenvalue weighted by atomic mass is 19.4. The van der Waals surface area contributed by atoms with Crippen molar-refractivity contribution in [1.29, 1.82) is 0 Å². The highest BCUT2D eigenvalue weighted by Crippen LogP contribution is 2.21.